The highest BCUT2D eigenvalue weighted by molar-refractivity contribution is 9.10. The van der Waals surface area contributed by atoms with Crippen molar-refractivity contribution in [1.29, 1.82) is 0 Å². The maximum Gasteiger partial charge on any atom is 0.305 e. The Labute approximate surface area is 121 Å². The highest BCUT2D eigenvalue weighted by Gasteiger charge is 2.17. The number of carbonyl (C=O) groups is 2. The van der Waals surface area contributed by atoms with E-state index in [0.717, 1.165) is 17.3 Å². The molecule has 0 saturated carbocycles. The number of carbonyl (C=O) groups excluding carboxylic acids is 2. The number of halogens is 1. The smallest absolute Gasteiger partial charge is 0.305 e. The van der Waals surface area contributed by atoms with Crippen LogP contribution in [0.2, 0.25) is 0 Å². The van der Waals surface area contributed by atoms with Crippen molar-refractivity contribution >= 4 is 27.7 Å². The first kappa shape index (κ1) is 14.3. The van der Waals surface area contributed by atoms with Crippen molar-refractivity contribution in [2.24, 2.45) is 0 Å². The summed E-state index contributed by atoms with van der Waals surface area (Å²) in [5, 5.41) is 0. The summed E-state index contributed by atoms with van der Waals surface area (Å²) in [4.78, 5) is 23.2. The molecule has 0 aliphatic heterocycles. The fraction of sp³-hybridized carbons (Fsp3) is 0.467. The molecule has 0 fully saturated rings. The molecule has 0 aromatic heterocycles. The molecule has 2 rings (SSSR count). The van der Waals surface area contributed by atoms with Gasteiger partial charge in [-0.15, -0.1) is 0 Å². The Morgan fingerprint density at radius 2 is 1.79 bits per heavy atom. The lowest BCUT2D eigenvalue weighted by Crippen LogP contribution is -2.09. The number of Topliss-reactive ketones (excluding diaryl/α,β-unsaturated/α-hetero) is 1. The molecular formula is C15H17BrO3. The predicted octanol–water partition coefficient (Wildman–Crippen LogP) is 3.46. The molecule has 102 valence electrons. The van der Waals surface area contributed by atoms with Gasteiger partial charge in [-0.1, -0.05) is 15.9 Å². The number of fused-ring (bicyclic) bond motifs is 1. The molecule has 0 heterocycles. The summed E-state index contributed by atoms with van der Waals surface area (Å²) in [7, 11) is 1.33. The molecule has 0 amide bonds. The van der Waals surface area contributed by atoms with E-state index >= 15 is 0 Å². The number of hydrogen-bond acceptors (Lipinski definition) is 3. The van der Waals surface area contributed by atoms with E-state index in [4.69, 9.17) is 0 Å². The van der Waals surface area contributed by atoms with E-state index < -0.39 is 0 Å². The third-order valence-electron chi connectivity index (χ3n) is 3.52. The summed E-state index contributed by atoms with van der Waals surface area (Å²) in [6.45, 7) is 0. The minimum absolute atomic E-state index is 0.00866. The summed E-state index contributed by atoms with van der Waals surface area (Å²) < 4.78 is 5.39. The number of hydrogen-bond donors (Lipinski definition) is 0. The zero-order valence-corrected chi connectivity index (χ0v) is 12.6. The molecular weight excluding hydrogens is 308 g/mol. The number of ether oxygens (including phenoxy) is 1. The Kier molecular flexibility index (Phi) is 4.75. The fourth-order valence-electron chi connectivity index (χ4n) is 2.42. The van der Waals surface area contributed by atoms with Gasteiger partial charge in [0.15, 0.2) is 5.78 Å². The van der Waals surface area contributed by atoms with E-state index in [1.165, 1.54) is 31.1 Å². The first-order chi connectivity index (χ1) is 9.11. The minimum Gasteiger partial charge on any atom is -0.469 e. The molecule has 1 aliphatic carbocycles. The second kappa shape index (κ2) is 6.33. The van der Waals surface area contributed by atoms with Crippen molar-refractivity contribution in [1.82, 2.24) is 0 Å². The van der Waals surface area contributed by atoms with Gasteiger partial charge in [-0.05, 0) is 48.9 Å². The molecule has 0 N–H and O–H groups in total. The van der Waals surface area contributed by atoms with Crippen molar-refractivity contribution in [3.05, 3.63) is 33.3 Å². The molecule has 0 saturated heterocycles. The average Bonchev–Trinajstić information content (AvgIpc) is 2.43. The van der Waals surface area contributed by atoms with E-state index in [2.05, 4.69) is 26.7 Å². The number of aryl methyl sites for hydroxylation is 2. The largest absolute Gasteiger partial charge is 0.469 e. The van der Waals surface area contributed by atoms with Gasteiger partial charge in [0, 0.05) is 16.5 Å². The first-order valence-corrected chi connectivity index (χ1v) is 7.32. The van der Waals surface area contributed by atoms with Crippen molar-refractivity contribution in [3.8, 4) is 0 Å². The van der Waals surface area contributed by atoms with E-state index in [1.54, 1.807) is 0 Å². The van der Waals surface area contributed by atoms with Crippen LogP contribution in [0.4, 0.5) is 0 Å². The summed E-state index contributed by atoms with van der Waals surface area (Å²) in [6.07, 6.45) is 4.87. The molecule has 19 heavy (non-hydrogen) atoms. The van der Waals surface area contributed by atoms with Crippen LogP contribution in [0.15, 0.2) is 16.6 Å². The van der Waals surface area contributed by atoms with Crippen LogP contribution < -0.4 is 0 Å². The van der Waals surface area contributed by atoms with Gasteiger partial charge in [-0.25, -0.2) is 0 Å². The van der Waals surface area contributed by atoms with Crippen LogP contribution in [0.3, 0.4) is 0 Å². The Morgan fingerprint density at radius 3 is 2.42 bits per heavy atom. The lowest BCUT2D eigenvalue weighted by Gasteiger charge is -2.17. The van der Waals surface area contributed by atoms with Crippen LogP contribution in [-0.2, 0) is 22.4 Å². The topological polar surface area (TPSA) is 43.4 Å². The van der Waals surface area contributed by atoms with Gasteiger partial charge in [0.05, 0.1) is 13.5 Å². The second-order valence-electron chi connectivity index (χ2n) is 4.81. The van der Waals surface area contributed by atoms with E-state index in [-0.39, 0.29) is 24.6 Å². The van der Waals surface area contributed by atoms with Gasteiger partial charge in [0.2, 0.25) is 0 Å². The van der Waals surface area contributed by atoms with Crippen molar-refractivity contribution < 1.29 is 14.3 Å². The zero-order chi connectivity index (χ0) is 13.8. The summed E-state index contributed by atoms with van der Waals surface area (Å²) in [5.74, 6) is -0.354. The molecule has 0 unspecified atom stereocenters. The number of rotatable bonds is 4. The molecule has 0 radical (unpaired) electrons. The molecule has 4 heteroatoms. The maximum atomic E-state index is 12.1. The second-order valence-corrected chi connectivity index (χ2v) is 5.66. The zero-order valence-electron chi connectivity index (χ0n) is 11.0. The number of esters is 1. The van der Waals surface area contributed by atoms with Crippen LogP contribution in [0.25, 0.3) is 0 Å². The van der Waals surface area contributed by atoms with Crippen LogP contribution in [0.5, 0.6) is 0 Å². The molecule has 1 aromatic rings. The number of methoxy groups -OCH3 is 1. The van der Waals surface area contributed by atoms with Crippen molar-refractivity contribution in [2.75, 3.05) is 7.11 Å². The molecule has 3 nitrogen and oxygen atoms in total. The Bertz CT molecular complexity index is 508. The number of benzene rings is 1. The minimum atomic E-state index is -0.345. The Morgan fingerprint density at radius 1 is 1.16 bits per heavy atom. The fourth-order valence-corrected chi connectivity index (χ4v) is 3.03. The quantitative estimate of drug-likeness (QED) is 0.629. The van der Waals surface area contributed by atoms with Crippen LogP contribution in [0, 0.1) is 0 Å². The summed E-state index contributed by atoms with van der Waals surface area (Å²) in [5.41, 5.74) is 3.29. The third-order valence-corrected chi connectivity index (χ3v) is 4.17. The molecule has 0 spiro atoms. The van der Waals surface area contributed by atoms with Crippen molar-refractivity contribution in [2.45, 2.75) is 38.5 Å². The standard InChI is InChI=1S/C15H17BrO3/c1-19-15(18)7-6-14(17)12-8-10-4-2-3-5-11(10)9-13(12)16/h8-9H,2-7H2,1H3. The lowest BCUT2D eigenvalue weighted by molar-refractivity contribution is -0.140. The molecule has 1 aliphatic rings. The first-order valence-electron chi connectivity index (χ1n) is 6.53. The Hall–Kier alpha value is -1.16. The third kappa shape index (κ3) is 3.44. The molecule has 1 aromatic carbocycles. The lowest BCUT2D eigenvalue weighted by atomic mass is 9.89. The highest BCUT2D eigenvalue weighted by atomic mass is 79.9. The Balaban J connectivity index is 2.15. The van der Waals surface area contributed by atoms with E-state index in [0.29, 0.717) is 5.56 Å². The molecule has 0 bridgehead atoms. The van der Waals surface area contributed by atoms with E-state index in [9.17, 15) is 9.59 Å². The van der Waals surface area contributed by atoms with Gasteiger partial charge < -0.3 is 4.74 Å². The van der Waals surface area contributed by atoms with E-state index in [1.807, 2.05) is 6.07 Å². The van der Waals surface area contributed by atoms with Gasteiger partial charge in [-0.3, -0.25) is 9.59 Å². The normalized spacial score (nSPS) is 13.8. The monoisotopic (exact) mass is 324 g/mol. The van der Waals surface area contributed by atoms with Gasteiger partial charge >= 0.3 is 5.97 Å². The van der Waals surface area contributed by atoms with Gasteiger partial charge in [0.25, 0.3) is 0 Å². The predicted molar refractivity (Wildman–Crippen MR) is 76.4 cm³/mol. The van der Waals surface area contributed by atoms with Crippen LogP contribution >= 0.6 is 15.9 Å². The van der Waals surface area contributed by atoms with Crippen LogP contribution in [-0.4, -0.2) is 18.9 Å². The van der Waals surface area contributed by atoms with Gasteiger partial charge in [-0.2, -0.15) is 0 Å². The highest BCUT2D eigenvalue weighted by Crippen LogP contribution is 2.28. The van der Waals surface area contributed by atoms with Crippen molar-refractivity contribution in [3.63, 3.8) is 0 Å². The van der Waals surface area contributed by atoms with Gasteiger partial charge in [0.1, 0.15) is 0 Å². The SMILES string of the molecule is COC(=O)CCC(=O)c1cc2c(cc1Br)CCCC2. The average molecular weight is 325 g/mol. The number of ketones is 1. The maximum absolute atomic E-state index is 12.1. The summed E-state index contributed by atoms with van der Waals surface area (Å²) in [6, 6.07) is 4.04. The molecule has 0 atom stereocenters. The van der Waals surface area contributed by atoms with Crippen LogP contribution in [0.1, 0.15) is 47.2 Å². The summed E-state index contributed by atoms with van der Waals surface area (Å²) >= 11 is 3.46.